The molecule has 21 heavy (non-hydrogen) atoms. The molecule has 3 nitrogen and oxygen atoms in total. The van der Waals surface area contributed by atoms with Gasteiger partial charge in [-0.15, -0.1) is 0 Å². The fraction of sp³-hybridized carbons (Fsp3) is 0.278. The van der Waals surface area contributed by atoms with E-state index in [1.165, 1.54) is 5.56 Å². The Balaban J connectivity index is 2.09. The molecule has 0 amide bonds. The maximum absolute atomic E-state index is 12.3. The second-order valence-electron chi connectivity index (χ2n) is 5.10. The molecule has 0 aromatic heterocycles. The lowest BCUT2D eigenvalue weighted by atomic mass is 10.1. The van der Waals surface area contributed by atoms with E-state index in [4.69, 9.17) is 9.47 Å². The summed E-state index contributed by atoms with van der Waals surface area (Å²) in [6, 6.07) is 12.9. The van der Waals surface area contributed by atoms with Crippen LogP contribution in [0, 0.1) is 13.8 Å². The van der Waals surface area contributed by atoms with E-state index in [0.29, 0.717) is 11.3 Å². The van der Waals surface area contributed by atoms with Gasteiger partial charge in [0.05, 0.1) is 7.11 Å². The minimum atomic E-state index is -0.527. The predicted molar refractivity (Wildman–Crippen MR) is 83.3 cm³/mol. The van der Waals surface area contributed by atoms with Gasteiger partial charge in [0.2, 0.25) is 5.78 Å². The van der Waals surface area contributed by atoms with Crippen molar-refractivity contribution in [1.82, 2.24) is 0 Å². The number of ether oxygens (including phenoxy) is 2. The van der Waals surface area contributed by atoms with Gasteiger partial charge < -0.3 is 9.47 Å². The number of aryl methyl sites for hydroxylation is 2. The van der Waals surface area contributed by atoms with Gasteiger partial charge in [-0.3, -0.25) is 4.79 Å². The van der Waals surface area contributed by atoms with Crippen molar-refractivity contribution in [2.24, 2.45) is 0 Å². The van der Waals surface area contributed by atoms with Gasteiger partial charge >= 0.3 is 0 Å². The molecule has 0 aliphatic carbocycles. The van der Waals surface area contributed by atoms with E-state index in [0.717, 1.165) is 11.3 Å². The number of hydrogen-bond acceptors (Lipinski definition) is 3. The molecule has 1 atom stereocenters. The Labute approximate surface area is 125 Å². The van der Waals surface area contributed by atoms with Crippen molar-refractivity contribution < 1.29 is 14.3 Å². The standard InChI is InChI=1S/C18H20O3/c1-12-5-8-17(11-13(12)2)21-14(3)18(19)15-6-9-16(20-4)10-7-15/h5-11,14H,1-4H3/t14-/m1/s1. The van der Waals surface area contributed by atoms with E-state index >= 15 is 0 Å². The first kappa shape index (κ1) is 15.1. The Morgan fingerprint density at radius 1 is 0.952 bits per heavy atom. The number of Topliss-reactive ketones (excluding diaryl/α,β-unsaturated/α-hetero) is 1. The van der Waals surface area contributed by atoms with E-state index < -0.39 is 6.10 Å². The summed E-state index contributed by atoms with van der Waals surface area (Å²) in [5.41, 5.74) is 2.97. The third-order valence-corrected chi connectivity index (χ3v) is 3.53. The molecule has 0 radical (unpaired) electrons. The molecular weight excluding hydrogens is 264 g/mol. The fourth-order valence-corrected chi connectivity index (χ4v) is 2.03. The first-order valence-electron chi connectivity index (χ1n) is 6.93. The average Bonchev–Trinajstić information content (AvgIpc) is 2.50. The third kappa shape index (κ3) is 3.63. The second kappa shape index (κ2) is 6.44. The summed E-state index contributed by atoms with van der Waals surface area (Å²) in [7, 11) is 1.60. The SMILES string of the molecule is COc1ccc(C(=O)[C@@H](C)Oc2ccc(C)c(C)c2)cc1. The lowest BCUT2D eigenvalue weighted by molar-refractivity contribution is 0.0818. The Hall–Kier alpha value is -2.29. The molecule has 0 saturated carbocycles. The van der Waals surface area contributed by atoms with E-state index in [1.807, 2.05) is 32.0 Å². The predicted octanol–water partition coefficient (Wildman–Crippen LogP) is 3.96. The quantitative estimate of drug-likeness (QED) is 0.780. The first-order valence-corrected chi connectivity index (χ1v) is 6.93. The number of ketones is 1. The van der Waals surface area contributed by atoms with Gasteiger partial charge in [0.25, 0.3) is 0 Å². The maximum atomic E-state index is 12.3. The zero-order valence-corrected chi connectivity index (χ0v) is 12.8. The number of methoxy groups -OCH3 is 1. The van der Waals surface area contributed by atoms with Crippen molar-refractivity contribution in [1.29, 1.82) is 0 Å². The maximum Gasteiger partial charge on any atom is 0.202 e. The molecule has 0 bridgehead atoms. The van der Waals surface area contributed by atoms with Gasteiger partial charge in [-0.05, 0) is 68.3 Å². The number of rotatable bonds is 5. The van der Waals surface area contributed by atoms with Gasteiger partial charge in [0, 0.05) is 5.56 Å². The summed E-state index contributed by atoms with van der Waals surface area (Å²) >= 11 is 0. The second-order valence-corrected chi connectivity index (χ2v) is 5.10. The molecule has 110 valence electrons. The summed E-state index contributed by atoms with van der Waals surface area (Å²) in [4.78, 5) is 12.3. The largest absolute Gasteiger partial charge is 0.497 e. The van der Waals surface area contributed by atoms with Crippen molar-refractivity contribution >= 4 is 5.78 Å². The molecule has 2 aromatic rings. The molecule has 0 aliphatic heterocycles. The molecule has 0 spiro atoms. The van der Waals surface area contributed by atoms with Gasteiger partial charge in [0.15, 0.2) is 6.10 Å². The lowest BCUT2D eigenvalue weighted by Crippen LogP contribution is -2.23. The van der Waals surface area contributed by atoms with Crippen LogP contribution in [-0.2, 0) is 0 Å². The molecule has 3 heteroatoms. The van der Waals surface area contributed by atoms with Crippen molar-refractivity contribution in [3.05, 3.63) is 59.2 Å². The molecule has 2 aromatic carbocycles. The smallest absolute Gasteiger partial charge is 0.202 e. The minimum absolute atomic E-state index is 0.0455. The summed E-state index contributed by atoms with van der Waals surface area (Å²) in [6.07, 6.45) is -0.527. The molecule has 0 N–H and O–H groups in total. The zero-order chi connectivity index (χ0) is 15.4. The van der Waals surface area contributed by atoms with Crippen molar-refractivity contribution in [3.8, 4) is 11.5 Å². The summed E-state index contributed by atoms with van der Waals surface area (Å²) in [5.74, 6) is 1.40. The van der Waals surface area contributed by atoms with Crippen LogP contribution in [0.15, 0.2) is 42.5 Å². The zero-order valence-electron chi connectivity index (χ0n) is 12.8. The Kier molecular flexibility index (Phi) is 4.63. The van der Waals surface area contributed by atoms with Crippen LogP contribution in [0.4, 0.5) is 0 Å². The van der Waals surface area contributed by atoms with Crippen molar-refractivity contribution in [2.75, 3.05) is 7.11 Å². The Morgan fingerprint density at radius 2 is 1.57 bits per heavy atom. The molecule has 0 heterocycles. The van der Waals surface area contributed by atoms with Crippen molar-refractivity contribution in [3.63, 3.8) is 0 Å². The highest BCUT2D eigenvalue weighted by Crippen LogP contribution is 2.19. The first-order chi connectivity index (χ1) is 10.0. The molecule has 0 unspecified atom stereocenters. The molecule has 0 fully saturated rings. The van der Waals surface area contributed by atoms with E-state index in [2.05, 4.69) is 0 Å². The van der Waals surface area contributed by atoms with E-state index in [9.17, 15) is 4.79 Å². The third-order valence-electron chi connectivity index (χ3n) is 3.53. The van der Waals surface area contributed by atoms with E-state index in [1.54, 1.807) is 38.3 Å². The number of carbonyl (C=O) groups is 1. The molecule has 0 aliphatic rings. The molecule has 2 rings (SSSR count). The lowest BCUT2D eigenvalue weighted by Gasteiger charge is -2.15. The summed E-state index contributed by atoms with van der Waals surface area (Å²) in [6.45, 7) is 5.84. The van der Waals surface area contributed by atoms with Crippen LogP contribution < -0.4 is 9.47 Å². The summed E-state index contributed by atoms with van der Waals surface area (Å²) in [5, 5.41) is 0. The van der Waals surface area contributed by atoms with Gasteiger partial charge in [-0.25, -0.2) is 0 Å². The number of benzene rings is 2. The molecular formula is C18H20O3. The van der Waals surface area contributed by atoms with E-state index in [-0.39, 0.29) is 5.78 Å². The highest BCUT2D eigenvalue weighted by molar-refractivity contribution is 5.99. The van der Waals surface area contributed by atoms with Gasteiger partial charge in [-0.2, -0.15) is 0 Å². The highest BCUT2D eigenvalue weighted by atomic mass is 16.5. The minimum Gasteiger partial charge on any atom is -0.497 e. The molecule has 0 saturated heterocycles. The monoisotopic (exact) mass is 284 g/mol. The number of hydrogen-bond donors (Lipinski definition) is 0. The van der Waals surface area contributed by atoms with Gasteiger partial charge in [0.1, 0.15) is 11.5 Å². The Bertz CT molecular complexity index is 629. The highest BCUT2D eigenvalue weighted by Gasteiger charge is 2.17. The van der Waals surface area contributed by atoms with Gasteiger partial charge in [-0.1, -0.05) is 6.07 Å². The van der Waals surface area contributed by atoms with Crippen LogP contribution in [0.3, 0.4) is 0 Å². The number of carbonyl (C=O) groups excluding carboxylic acids is 1. The van der Waals surface area contributed by atoms with Crippen LogP contribution in [0.25, 0.3) is 0 Å². The van der Waals surface area contributed by atoms with Crippen LogP contribution in [-0.4, -0.2) is 19.0 Å². The Morgan fingerprint density at radius 3 is 2.14 bits per heavy atom. The average molecular weight is 284 g/mol. The van der Waals surface area contributed by atoms with Crippen LogP contribution in [0.2, 0.25) is 0 Å². The normalized spacial score (nSPS) is 11.8. The van der Waals surface area contributed by atoms with Crippen LogP contribution in [0.5, 0.6) is 11.5 Å². The van der Waals surface area contributed by atoms with Crippen LogP contribution >= 0.6 is 0 Å². The summed E-state index contributed by atoms with van der Waals surface area (Å²) < 4.78 is 10.8. The van der Waals surface area contributed by atoms with Crippen LogP contribution in [0.1, 0.15) is 28.4 Å². The van der Waals surface area contributed by atoms with Crippen molar-refractivity contribution in [2.45, 2.75) is 26.9 Å². The topological polar surface area (TPSA) is 35.5 Å². The fourth-order valence-electron chi connectivity index (χ4n) is 2.03.